The molecule has 2 amide bonds. The molecule has 0 saturated carbocycles. The van der Waals surface area contributed by atoms with Crippen molar-refractivity contribution in [1.82, 2.24) is 14.5 Å². The molecule has 33 heavy (non-hydrogen) atoms. The first kappa shape index (κ1) is 21.5. The van der Waals surface area contributed by atoms with Crippen molar-refractivity contribution in [2.45, 2.75) is 50.7 Å². The molecular formula is C26H30N4O3. The molecular weight excluding hydrogens is 416 g/mol. The molecule has 1 aromatic heterocycles. The third kappa shape index (κ3) is 3.65. The Morgan fingerprint density at radius 2 is 1.91 bits per heavy atom. The number of hydrogen-bond acceptors (Lipinski definition) is 4. The Labute approximate surface area is 193 Å². The summed E-state index contributed by atoms with van der Waals surface area (Å²) in [7, 11) is 2.05. The van der Waals surface area contributed by atoms with Gasteiger partial charge in [0.2, 0.25) is 11.8 Å². The minimum absolute atomic E-state index is 0.217. The van der Waals surface area contributed by atoms with E-state index in [9.17, 15) is 9.59 Å². The summed E-state index contributed by atoms with van der Waals surface area (Å²) in [4.78, 5) is 32.1. The van der Waals surface area contributed by atoms with Crippen LogP contribution >= 0.6 is 0 Å². The lowest BCUT2D eigenvalue weighted by atomic mass is 9.73. The van der Waals surface area contributed by atoms with Gasteiger partial charge in [-0.15, -0.1) is 0 Å². The van der Waals surface area contributed by atoms with Crippen LogP contribution in [0.15, 0.2) is 48.5 Å². The highest BCUT2D eigenvalue weighted by Crippen LogP contribution is 2.50. The van der Waals surface area contributed by atoms with Crippen LogP contribution in [0.3, 0.4) is 0 Å². The number of ether oxygens (including phenoxy) is 1. The first-order valence-electron chi connectivity index (χ1n) is 11.7. The standard InChI is InChI=1S/C26H30N4O3/c1-26-16-18(17-10-5-8-13-21(17)33-26)23(24(27)31)25(32)30(26)15-9-3-4-14-22-28-19-11-6-7-12-20(19)29(22)2/h5-8,10-13,18,23H,3-4,9,14-16H2,1-2H3,(H2,27,31)/t18-,23+,26+/m0/s1. The number of rotatable bonds is 7. The summed E-state index contributed by atoms with van der Waals surface area (Å²) in [5, 5.41) is 0. The zero-order valence-corrected chi connectivity index (χ0v) is 19.2. The Morgan fingerprint density at radius 3 is 2.70 bits per heavy atom. The summed E-state index contributed by atoms with van der Waals surface area (Å²) in [5.74, 6) is -0.0495. The predicted octanol–water partition coefficient (Wildman–Crippen LogP) is 3.51. The normalized spacial score (nSPS) is 23.9. The van der Waals surface area contributed by atoms with Gasteiger partial charge in [0, 0.05) is 32.4 Å². The van der Waals surface area contributed by atoms with Crippen LogP contribution in [0.1, 0.15) is 49.9 Å². The van der Waals surface area contributed by atoms with Gasteiger partial charge < -0.3 is 19.9 Å². The van der Waals surface area contributed by atoms with Crippen molar-refractivity contribution in [3.05, 3.63) is 59.9 Å². The zero-order chi connectivity index (χ0) is 23.2. The number of imidazole rings is 1. The van der Waals surface area contributed by atoms with Crippen molar-refractivity contribution in [2.24, 2.45) is 18.7 Å². The molecule has 0 radical (unpaired) electrons. The highest BCUT2D eigenvalue weighted by atomic mass is 16.5. The van der Waals surface area contributed by atoms with Crippen LogP contribution in [0.25, 0.3) is 11.0 Å². The van der Waals surface area contributed by atoms with Crippen molar-refractivity contribution < 1.29 is 14.3 Å². The monoisotopic (exact) mass is 446 g/mol. The van der Waals surface area contributed by atoms with Crippen LogP contribution < -0.4 is 10.5 Å². The molecule has 7 heteroatoms. The van der Waals surface area contributed by atoms with E-state index in [1.54, 1.807) is 4.90 Å². The second-order valence-corrected chi connectivity index (χ2v) is 9.38. The quantitative estimate of drug-likeness (QED) is 0.444. The number of aryl methyl sites for hydroxylation is 2. The van der Waals surface area contributed by atoms with Crippen molar-refractivity contribution >= 4 is 22.8 Å². The maximum absolute atomic E-state index is 13.4. The SMILES string of the molecule is Cn1c(CCCCCN2C(=O)[C@@H](C(N)=O)[C@H]3C[C@@]2(C)Oc2ccccc23)nc2ccccc21. The molecule has 3 heterocycles. The summed E-state index contributed by atoms with van der Waals surface area (Å²) in [6, 6.07) is 15.8. The summed E-state index contributed by atoms with van der Waals surface area (Å²) in [5.41, 5.74) is 8.00. The molecule has 3 aromatic rings. The highest BCUT2D eigenvalue weighted by Gasteiger charge is 2.55. The van der Waals surface area contributed by atoms with Crippen LogP contribution in [-0.4, -0.2) is 38.5 Å². The van der Waals surface area contributed by atoms with Gasteiger partial charge in [-0.25, -0.2) is 4.98 Å². The van der Waals surface area contributed by atoms with Gasteiger partial charge in [0.05, 0.1) is 11.0 Å². The molecule has 2 N–H and O–H groups in total. The number of hydrogen-bond donors (Lipinski definition) is 1. The topological polar surface area (TPSA) is 90.5 Å². The summed E-state index contributed by atoms with van der Waals surface area (Å²) in [6.07, 6.45) is 4.20. The highest BCUT2D eigenvalue weighted by molar-refractivity contribution is 6.01. The van der Waals surface area contributed by atoms with E-state index >= 15 is 0 Å². The van der Waals surface area contributed by atoms with Gasteiger partial charge in [0.15, 0.2) is 5.72 Å². The third-order valence-corrected chi connectivity index (χ3v) is 7.22. The number of para-hydroxylation sites is 3. The maximum Gasteiger partial charge on any atom is 0.238 e. The molecule has 1 fully saturated rings. The second-order valence-electron chi connectivity index (χ2n) is 9.38. The van der Waals surface area contributed by atoms with Crippen molar-refractivity contribution in [2.75, 3.05) is 6.54 Å². The smallest absolute Gasteiger partial charge is 0.238 e. The van der Waals surface area contributed by atoms with Gasteiger partial charge in [-0.05, 0) is 43.5 Å². The van der Waals surface area contributed by atoms with Gasteiger partial charge in [0.25, 0.3) is 0 Å². The number of fused-ring (bicyclic) bond motifs is 5. The fourth-order valence-corrected chi connectivity index (χ4v) is 5.53. The fraction of sp³-hybridized carbons (Fsp3) is 0.423. The molecule has 0 aliphatic carbocycles. The maximum atomic E-state index is 13.4. The molecule has 3 atom stereocenters. The van der Waals surface area contributed by atoms with Gasteiger partial charge in [-0.2, -0.15) is 0 Å². The van der Waals surface area contributed by atoms with E-state index in [-0.39, 0.29) is 11.8 Å². The van der Waals surface area contributed by atoms with Crippen molar-refractivity contribution in [1.29, 1.82) is 0 Å². The number of unbranched alkanes of at least 4 members (excludes halogenated alkanes) is 2. The van der Waals surface area contributed by atoms with Gasteiger partial charge >= 0.3 is 0 Å². The lowest BCUT2D eigenvalue weighted by Crippen LogP contribution is -2.64. The number of nitrogens with zero attached hydrogens (tertiary/aromatic N) is 3. The summed E-state index contributed by atoms with van der Waals surface area (Å²) >= 11 is 0. The Bertz CT molecular complexity index is 1220. The van der Waals surface area contributed by atoms with Crippen LogP contribution in [-0.2, 0) is 23.1 Å². The molecule has 7 nitrogen and oxygen atoms in total. The Kier molecular flexibility index (Phi) is 5.35. The number of likely N-dealkylation sites (tertiary alicyclic amines) is 1. The number of nitrogens with two attached hydrogens (primary N) is 1. The molecule has 2 bridgehead atoms. The average molecular weight is 447 g/mol. The van der Waals surface area contributed by atoms with Crippen molar-refractivity contribution in [3.63, 3.8) is 0 Å². The molecule has 2 aliphatic rings. The van der Waals surface area contributed by atoms with E-state index in [0.717, 1.165) is 53.9 Å². The molecule has 2 aliphatic heterocycles. The largest absolute Gasteiger partial charge is 0.468 e. The zero-order valence-electron chi connectivity index (χ0n) is 19.2. The van der Waals surface area contributed by atoms with E-state index in [1.165, 1.54) is 0 Å². The lowest BCUT2D eigenvalue weighted by molar-refractivity contribution is -0.175. The second kappa shape index (κ2) is 8.21. The minimum atomic E-state index is -0.844. The molecule has 2 aromatic carbocycles. The van der Waals surface area contributed by atoms with Gasteiger partial charge in [-0.3, -0.25) is 9.59 Å². The molecule has 172 valence electrons. The third-order valence-electron chi connectivity index (χ3n) is 7.22. The molecule has 5 rings (SSSR count). The number of carbonyl (C=O) groups excluding carboxylic acids is 2. The number of piperidine rings is 1. The van der Waals surface area contributed by atoms with E-state index in [2.05, 4.69) is 17.7 Å². The number of benzene rings is 2. The van der Waals surface area contributed by atoms with E-state index in [4.69, 9.17) is 15.5 Å². The van der Waals surface area contributed by atoms with E-state index in [0.29, 0.717) is 13.0 Å². The minimum Gasteiger partial charge on any atom is -0.468 e. The summed E-state index contributed by atoms with van der Waals surface area (Å²) in [6.45, 7) is 2.49. The van der Waals surface area contributed by atoms with Gasteiger partial charge in [-0.1, -0.05) is 36.8 Å². The first-order chi connectivity index (χ1) is 15.9. The number of amides is 2. The van der Waals surface area contributed by atoms with E-state index in [1.807, 2.05) is 49.4 Å². The molecule has 0 spiro atoms. The average Bonchev–Trinajstić information content (AvgIpc) is 3.10. The molecule has 1 saturated heterocycles. The molecule has 0 unspecified atom stereocenters. The van der Waals surface area contributed by atoms with Crippen molar-refractivity contribution in [3.8, 4) is 5.75 Å². The predicted molar refractivity (Wildman–Crippen MR) is 125 cm³/mol. The lowest BCUT2D eigenvalue weighted by Gasteiger charge is -2.52. The summed E-state index contributed by atoms with van der Waals surface area (Å²) < 4.78 is 8.47. The van der Waals surface area contributed by atoms with Crippen LogP contribution in [0.5, 0.6) is 5.75 Å². The number of aromatic nitrogens is 2. The number of carbonyl (C=O) groups is 2. The van der Waals surface area contributed by atoms with Crippen LogP contribution in [0.2, 0.25) is 0 Å². The fourth-order valence-electron chi connectivity index (χ4n) is 5.53. The Morgan fingerprint density at radius 1 is 1.15 bits per heavy atom. The van der Waals surface area contributed by atoms with Crippen LogP contribution in [0.4, 0.5) is 0 Å². The van der Waals surface area contributed by atoms with E-state index < -0.39 is 17.6 Å². The van der Waals surface area contributed by atoms with Gasteiger partial charge in [0.1, 0.15) is 17.5 Å². The first-order valence-corrected chi connectivity index (χ1v) is 11.7. The van der Waals surface area contributed by atoms with Crippen LogP contribution in [0, 0.1) is 5.92 Å². The number of primary amides is 1. The Hall–Kier alpha value is -3.35. The Balaban J connectivity index is 1.26.